The van der Waals surface area contributed by atoms with Gasteiger partial charge in [-0.15, -0.1) is 0 Å². The van der Waals surface area contributed by atoms with Crippen molar-refractivity contribution >= 4 is 28.4 Å². The van der Waals surface area contributed by atoms with Crippen LogP contribution in [0.5, 0.6) is 0 Å². The van der Waals surface area contributed by atoms with Crippen molar-refractivity contribution in [1.29, 1.82) is 0 Å². The highest BCUT2D eigenvalue weighted by Crippen LogP contribution is 2.21. The predicted octanol–water partition coefficient (Wildman–Crippen LogP) is 0.891. The zero-order chi connectivity index (χ0) is 16.9. The van der Waals surface area contributed by atoms with Crippen molar-refractivity contribution in [1.82, 2.24) is 15.0 Å². The van der Waals surface area contributed by atoms with E-state index < -0.39 is 0 Å². The highest BCUT2D eigenvalue weighted by atomic mass is 16.3. The number of nitrogen functional groups attached to an aromatic ring is 1. The minimum atomic E-state index is -0.00114. The lowest BCUT2D eigenvalue weighted by Crippen LogP contribution is -2.32. The number of nitrogens with zero attached hydrogens (tertiary/aromatic N) is 4. The van der Waals surface area contributed by atoms with Gasteiger partial charge in [-0.1, -0.05) is 12.1 Å². The second-order valence-corrected chi connectivity index (χ2v) is 5.27. The fourth-order valence-electron chi connectivity index (χ4n) is 2.36. The molecule has 0 amide bonds. The number of aliphatic hydroxyl groups excluding tert-OH is 1. The SMILES string of the molecule is Nc1ncc(NCCO)nc1N(N)Cc1ccc2ncccc2c1. The molecule has 2 heterocycles. The molecule has 0 aliphatic carbocycles. The number of nitrogens with one attached hydrogen (secondary N) is 1. The van der Waals surface area contributed by atoms with Crippen molar-refractivity contribution in [2.24, 2.45) is 5.84 Å². The Balaban J connectivity index is 1.81. The van der Waals surface area contributed by atoms with E-state index in [4.69, 9.17) is 16.7 Å². The average Bonchev–Trinajstić information content (AvgIpc) is 2.61. The van der Waals surface area contributed by atoms with E-state index in [-0.39, 0.29) is 12.4 Å². The largest absolute Gasteiger partial charge is 0.395 e. The average molecular weight is 325 g/mol. The summed E-state index contributed by atoms with van der Waals surface area (Å²) in [7, 11) is 0. The van der Waals surface area contributed by atoms with Crippen LogP contribution in [0.2, 0.25) is 0 Å². The van der Waals surface area contributed by atoms with Crippen molar-refractivity contribution < 1.29 is 5.11 Å². The number of benzene rings is 1. The Morgan fingerprint density at radius 1 is 1.21 bits per heavy atom. The summed E-state index contributed by atoms with van der Waals surface area (Å²) >= 11 is 0. The zero-order valence-corrected chi connectivity index (χ0v) is 13.1. The number of rotatable bonds is 6. The topological polar surface area (TPSA) is 126 Å². The smallest absolute Gasteiger partial charge is 0.188 e. The van der Waals surface area contributed by atoms with Crippen LogP contribution in [0, 0.1) is 0 Å². The molecule has 0 aliphatic heterocycles. The molecule has 0 unspecified atom stereocenters. The Hall–Kier alpha value is -2.97. The summed E-state index contributed by atoms with van der Waals surface area (Å²) in [5.41, 5.74) is 7.82. The fraction of sp³-hybridized carbons (Fsp3) is 0.188. The van der Waals surface area contributed by atoms with E-state index in [1.165, 1.54) is 11.2 Å². The number of hydrogen-bond donors (Lipinski definition) is 4. The van der Waals surface area contributed by atoms with Crippen molar-refractivity contribution in [2.45, 2.75) is 6.54 Å². The van der Waals surface area contributed by atoms with E-state index in [1.54, 1.807) is 6.20 Å². The first-order chi connectivity index (χ1) is 11.7. The van der Waals surface area contributed by atoms with Gasteiger partial charge in [0, 0.05) is 18.1 Å². The number of pyridine rings is 1. The number of nitrogens with two attached hydrogens (primary N) is 2. The van der Waals surface area contributed by atoms with Crippen molar-refractivity contribution in [2.75, 3.05) is 29.2 Å². The molecule has 24 heavy (non-hydrogen) atoms. The summed E-state index contributed by atoms with van der Waals surface area (Å²) < 4.78 is 0. The highest BCUT2D eigenvalue weighted by molar-refractivity contribution is 5.79. The third-order valence-corrected chi connectivity index (χ3v) is 3.49. The van der Waals surface area contributed by atoms with E-state index in [1.807, 2.05) is 30.3 Å². The molecule has 8 nitrogen and oxygen atoms in total. The van der Waals surface area contributed by atoms with Crippen LogP contribution in [-0.4, -0.2) is 33.2 Å². The molecule has 2 aromatic heterocycles. The van der Waals surface area contributed by atoms with E-state index in [0.717, 1.165) is 16.5 Å². The number of aromatic nitrogens is 3. The highest BCUT2D eigenvalue weighted by Gasteiger charge is 2.11. The van der Waals surface area contributed by atoms with E-state index in [9.17, 15) is 0 Å². The third kappa shape index (κ3) is 3.50. The van der Waals surface area contributed by atoms with Gasteiger partial charge in [0.15, 0.2) is 11.6 Å². The van der Waals surface area contributed by atoms with Gasteiger partial charge < -0.3 is 16.2 Å². The molecule has 0 saturated heterocycles. The number of hydrazine groups is 1. The summed E-state index contributed by atoms with van der Waals surface area (Å²) in [6.45, 7) is 0.798. The maximum atomic E-state index is 8.87. The quantitative estimate of drug-likeness (QED) is 0.389. The van der Waals surface area contributed by atoms with Crippen molar-refractivity contribution in [3.05, 3.63) is 48.3 Å². The van der Waals surface area contributed by atoms with Gasteiger partial charge in [0.25, 0.3) is 0 Å². The maximum absolute atomic E-state index is 8.87. The molecule has 0 bridgehead atoms. The number of anilines is 3. The Morgan fingerprint density at radius 2 is 2.08 bits per heavy atom. The molecule has 0 radical (unpaired) electrons. The van der Waals surface area contributed by atoms with Crippen molar-refractivity contribution in [3.63, 3.8) is 0 Å². The normalized spacial score (nSPS) is 10.8. The second-order valence-electron chi connectivity index (χ2n) is 5.27. The first-order valence-corrected chi connectivity index (χ1v) is 7.50. The van der Waals surface area contributed by atoms with Gasteiger partial charge in [0.1, 0.15) is 5.82 Å². The first-order valence-electron chi connectivity index (χ1n) is 7.50. The van der Waals surface area contributed by atoms with Crippen LogP contribution in [-0.2, 0) is 6.54 Å². The number of hydrogen-bond acceptors (Lipinski definition) is 8. The second kappa shape index (κ2) is 7.07. The molecule has 1 aromatic carbocycles. The van der Waals surface area contributed by atoms with E-state index in [2.05, 4.69) is 20.3 Å². The Kier molecular flexibility index (Phi) is 4.69. The monoisotopic (exact) mass is 325 g/mol. The summed E-state index contributed by atoms with van der Waals surface area (Å²) in [6.07, 6.45) is 3.27. The lowest BCUT2D eigenvalue weighted by Gasteiger charge is -2.19. The number of aliphatic hydroxyl groups is 1. The van der Waals surface area contributed by atoms with Gasteiger partial charge in [-0.3, -0.25) is 9.99 Å². The molecule has 124 valence electrons. The molecular weight excluding hydrogens is 306 g/mol. The van der Waals surface area contributed by atoms with Gasteiger partial charge in [-0.2, -0.15) is 0 Å². The molecule has 0 fully saturated rings. The minimum absolute atomic E-state index is 0.00114. The van der Waals surface area contributed by atoms with Crippen LogP contribution >= 0.6 is 0 Å². The van der Waals surface area contributed by atoms with Gasteiger partial charge in [-0.05, 0) is 23.8 Å². The van der Waals surface area contributed by atoms with Crippen LogP contribution in [0.1, 0.15) is 5.56 Å². The molecule has 3 aromatic rings. The summed E-state index contributed by atoms with van der Waals surface area (Å²) in [6, 6.07) is 9.84. The Labute approximate surface area is 139 Å². The predicted molar refractivity (Wildman–Crippen MR) is 94.1 cm³/mol. The van der Waals surface area contributed by atoms with Gasteiger partial charge in [-0.25, -0.2) is 15.8 Å². The summed E-state index contributed by atoms with van der Waals surface area (Å²) in [5.74, 6) is 7.26. The van der Waals surface area contributed by atoms with E-state index in [0.29, 0.717) is 24.7 Å². The summed E-state index contributed by atoms with van der Waals surface area (Å²) in [4.78, 5) is 12.7. The van der Waals surface area contributed by atoms with Crippen LogP contribution in [0.15, 0.2) is 42.7 Å². The first kappa shape index (κ1) is 15.9. The molecular formula is C16H19N7O. The molecule has 0 saturated carbocycles. The molecule has 8 heteroatoms. The van der Waals surface area contributed by atoms with Crippen LogP contribution < -0.4 is 21.9 Å². The standard InChI is InChI=1S/C16H19N7O/c17-15-16(22-14(9-21-15)20-6-7-24)23(18)10-11-3-4-13-12(8-11)2-1-5-19-13/h1-5,8-9,24H,6-7,10,18H2,(H2,17,21)(H,20,22). The van der Waals surface area contributed by atoms with Gasteiger partial charge in [0.2, 0.25) is 0 Å². The van der Waals surface area contributed by atoms with E-state index >= 15 is 0 Å². The Bertz CT molecular complexity index is 840. The molecule has 3 rings (SSSR count). The van der Waals surface area contributed by atoms with Crippen LogP contribution in [0.3, 0.4) is 0 Å². The molecule has 0 atom stereocenters. The number of fused-ring (bicyclic) bond motifs is 1. The molecule has 6 N–H and O–H groups in total. The Morgan fingerprint density at radius 3 is 2.92 bits per heavy atom. The fourth-order valence-corrected chi connectivity index (χ4v) is 2.36. The molecule has 0 spiro atoms. The minimum Gasteiger partial charge on any atom is -0.395 e. The third-order valence-electron chi connectivity index (χ3n) is 3.49. The lowest BCUT2D eigenvalue weighted by molar-refractivity contribution is 0.311. The maximum Gasteiger partial charge on any atom is 0.188 e. The molecule has 0 aliphatic rings. The van der Waals surface area contributed by atoms with Gasteiger partial charge in [0.05, 0.1) is 24.9 Å². The van der Waals surface area contributed by atoms with Gasteiger partial charge >= 0.3 is 0 Å². The van der Waals surface area contributed by atoms with Crippen LogP contribution in [0.4, 0.5) is 17.5 Å². The lowest BCUT2D eigenvalue weighted by atomic mass is 10.1. The van der Waals surface area contributed by atoms with Crippen LogP contribution in [0.25, 0.3) is 10.9 Å². The zero-order valence-electron chi connectivity index (χ0n) is 13.1. The van der Waals surface area contributed by atoms with Crippen molar-refractivity contribution in [3.8, 4) is 0 Å². The summed E-state index contributed by atoms with van der Waals surface area (Å²) in [5, 5.41) is 14.3.